The summed E-state index contributed by atoms with van der Waals surface area (Å²) in [5.74, 6) is 0. The molecule has 4 aromatic carbocycles. The van der Waals surface area contributed by atoms with Crippen LogP contribution in [0.1, 0.15) is 11.1 Å². The molecule has 194 valence electrons. The summed E-state index contributed by atoms with van der Waals surface area (Å²) in [6.45, 7) is 3.53. The number of allylic oxidation sites excluding steroid dienone is 2. The molecule has 0 radical (unpaired) electrons. The smallest absolute Gasteiger partial charge is 0.110 e. The van der Waals surface area contributed by atoms with Crippen molar-refractivity contribution in [2.24, 2.45) is 0 Å². The summed E-state index contributed by atoms with van der Waals surface area (Å²) in [6, 6.07) is 31.1. The van der Waals surface area contributed by atoms with Crippen molar-refractivity contribution in [2.45, 2.75) is 13.1 Å². The topological polar surface area (TPSA) is 13.0 Å². The van der Waals surface area contributed by atoms with Crippen molar-refractivity contribution in [3.63, 3.8) is 0 Å². The Morgan fingerprint density at radius 2 is 0.950 bits per heavy atom. The lowest BCUT2D eigenvalue weighted by Gasteiger charge is -2.37. The third kappa shape index (κ3) is 3.43. The number of hydrogen-bond donors (Lipinski definition) is 0. The second kappa shape index (κ2) is 8.62. The fourth-order valence-electron chi connectivity index (χ4n) is 6.45. The molecule has 2 aromatic heterocycles. The highest BCUT2D eigenvalue weighted by Gasteiger charge is 2.33. The molecule has 3 aliphatic rings. The predicted molar refractivity (Wildman–Crippen MR) is 168 cm³/mol. The van der Waals surface area contributed by atoms with E-state index in [2.05, 4.69) is 129 Å². The van der Waals surface area contributed by atoms with E-state index in [0.29, 0.717) is 0 Å². The van der Waals surface area contributed by atoms with Crippen LogP contribution in [0.2, 0.25) is 0 Å². The molecule has 4 nitrogen and oxygen atoms in total. The zero-order chi connectivity index (χ0) is 26.2. The zero-order valence-electron chi connectivity index (χ0n) is 21.8. The van der Waals surface area contributed by atoms with Gasteiger partial charge in [0.1, 0.15) is 13.3 Å². The van der Waals surface area contributed by atoms with Gasteiger partial charge in [0, 0.05) is 65.8 Å². The third-order valence-electron chi connectivity index (χ3n) is 8.29. The molecule has 5 heterocycles. The summed E-state index contributed by atoms with van der Waals surface area (Å²) in [5.41, 5.74) is 5.31. The van der Waals surface area contributed by atoms with Gasteiger partial charge in [0.05, 0.1) is 11.4 Å². The molecular formula is C34H26N4S2. The molecule has 9 rings (SSSR count). The van der Waals surface area contributed by atoms with Crippen LogP contribution in [0.3, 0.4) is 0 Å². The molecule has 0 fully saturated rings. The molecular weight excluding hydrogens is 529 g/mol. The fourth-order valence-corrected chi connectivity index (χ4v) is 8.86. The van der Waals surface area contributed by atoms with Crippen LogP contribution in [-0.4, -0.2) is 33.2 Å². The zero-order valence-corrected chi connectivity index (χ0v) is 23.5. The standard InChI is InChI=1S/C34H26N4S2/c1-3-13-31-27(9-1)29-11-5-7-23(33(29)39-31)17-35-19-25-15-16-26-20-36(22-38(26)37(25)21-35)18-24-8-6-12-30-28-10-2-4-14-32(28)40-34(24)30/h1-16,19-20H,17-18,21-22H2. The van der Waals surface area contributed by atoms with E-state index in [1.165, 1.54) is 62.9 Å². The highest BCUT2D eigenvalue weighted by molar-refractivity contribution is 7.26. The highest BCUT2D eigenvalue weighted by atomic mass is 32.1. The minimum absolute atomic E-state index is 0.859. The molecule has 0 N–H and O–H groups in total. The second-order valence-electron chi connectivity index (χ2n) is 10.8. The molecule has 0 bridgehead atoms. The summed E-state index contributed by atoms with van der Waals surface area (Å²) >= 11 is 3.83. The lowest BCUT2D eigenvalue weighted by Crippen LogP contribution is -2.43. The first-order chi connectivity index (χ1) is 19.8. The van der Waals surface area contributed by atoms with E-state index in [4.69, 9.17) is 0 Å². The minimum atomic E-state index is 0.859. The first-order valence-corrected chi connectivity index (χ1v) is 15.3. The van der Waals surface area contributed by atoms with Crippen molar-refractivity contribution in [2.75, 3.05) is 13.3 Å². The van der Waals surface area contributed by atoms with Crippen molar-refractivity contribution >= 4 is 63.0 Å². The summed E-state index contributed by atoms with van der Waals surface area (Å²) in [7, 11) is 0. The Balaban J connectivity index is 0.958. The molecule has 40 heavy (non-hydrogen) atoms. The Hall–Kier alpha value is -4.26. The predicted octanol–water partition coefficient (Wildman–Crippen LogP) is 8.44. The van der Waals surface area contributed by atoms with Gasteiger partial charge in [-0.05, 0) is 35.4 Å². The van der Waals surface area contributed by atoms with Gasteiger partial charge in [0.2, 0.25) is 0 Å². The molecule has 3 aliphatic heterocycles. The number of thiophene rings is 2. The Bertz CT molecular complexity index is 1910. The van der Waals surface area contributed by atoms with Gasteiger partial charge >= 0.3 is 0 Å². The van der Waals surface area contributed by atoms with Gasteiger partial charge in [0.15, 0.2) is 0 Å². The normalized spacial score (nSPS) is 16.5. The molecule has 0 saturated heterocycles. The van der Waals surface area contributed by atoms with Crippen LogP contribution in [0, 0.1) is 0 Å². The van der Waals surface area contributed by atoms with Gasteiger partial charge in [-0.25, -0.2) is 0 Å². The summed E-state index contributed by atoms with van der Waals surface area (Å²) in [6.07, 6.45) is 9.16. The van der Waals surface area contributed by atoms with E-state index in [1.54, 1.807) is 0 Å². The summed E-state index contributed by atoms with van der Waals surface area (Å²) in [4.78, 5) is 4.89. The molecule has 0 aliphatic carbocycles. The summed E-state index contributed by atoms with van der Waals surface area (Å²) in [5, 5.41) is 10.3. The van der Waals surface area contributed by atoms with Gasteiger partial charge in [0.25, 0.3) is 0 Å². The Morgan fingerprint density at radius 3 is 1.45 bits per heavy atom. The third-order valence-corrected chi connectivity index (χ3v) is 10.8. The fraction of sp³-hybridized carbons (Fsp3) is 0.118. The van der Waals surface area contributed by atoms with Crippen molar-refractivity contribution in [3.05, 3.63) is 132 Å². The van der Waals surface area contributed by atoms with E-state index in [-0.39, 0.29) is 0 Å². The maximum absolute atomic E-state index is 2.45. The van der Waals surface area contributed by atoms with Crippen LogP contribution >= 0.6 is 22.7 Å². The van der Waals surface area contributed by atoms with Crippen LogP contribution in [0.4, 0.5) is 0 Å². The number of hydrogen-bond acceptors (Lipinski definition) is 6. The van der Waals surface area contributed by atoms with Crippen molar-refractivity contribution < 1.29 is 0 Å². The van der Waals surface area contributed by atoms with E-state index >= 15 is 0 Å². The average Bonchev–Trinajstić information content (AvgIpc) is 3.75. The van der Waals surface area contributed by atoms with Gasteiger partial charge in [-0.3, -0.25) is 10.0 Å². The first kappa shape index (κ1) is 22.5. The molecule has 6 aromatic rings. The van der Waals surface area contributed by atoms with E-state index in [1.807, 2.05) is 22.7 Å². The lowest BCUT2D eigenvalue weighted by atomic mass is 10.1. The van der Waals surface area contributed by atoms with E-state index < -0.39 is 0 Å². The Labute approximate surface area is 240 Å². The van der Waals surface area contributed by atoms with E-state index in [9.17, 15) is 0 Å². The largest absolute Gasteiger partial charge is 0.352 e. The highest BCUT2D eigenvalue weighted by Crippen LogP contribution is 2.39. The lowest BCUT2D eigenvalue weighted by molar-refractivity contribution is 0.0145. The molecule has 0 unspecified atom stereocenters. The van der Waals surface area contributed by atoms with Crippen LogP contribution in [0.5, 0.6) is 0 Å². The molecule has 0 spiro atoms. The van der Waals surface area contributed by atoms with Crippen LogP contribution in [-0.2, 0) is 13.1 Å². The van der Waals surface area contributed by atoms with Crippen molar-refractivity contribution in [1.29, 1.82) is 0 Å². The molecule has 0 amide bonds. The molecule has 6 heteroatoms. The van der Waals surface area contributed by atoms with Gasteiger partial charge < -0.3 is 9.80 Å². The van der Waals surface area contributed by atoms with Crippen molar-refractivity contribution in [1.82, 2.24) is 19.8 Å². The van der Waals surface area contributed by atoms with Gasteiger partial charge in [-0.2, -0.15) is 0 Å². The number of hydrazine groups is 1. The minimum Gasteiger partial charge on any atom is -0.352 e. The molecule has 0 atom stereocenters. The van der Waals surface area contributed by atoms with Crippen molar-refractivity contribution in [3.8, 4) is 0 Å². The number of rotatable bonds is 4. The monoisotopic (exact) mass is 554 g/mol. The summed E-state index contributed by atoms with van der Waals surface area (Å²) < 4.78 is 5.54. The Kier molecular flexibility index (Phi) is 4.86. The van der Waals surface area contributed by atoms with Crippen LogP contribution in [0.15, 0.2) is 121 Å². The van der Waals surface area contributed by atoms with Crippen LogP contribution < -0.4 is 0 Å². The van der Waals surface area contributed by atoms with Gasteiger partial charge in [-0.15, -0.1) is 22.7 Å². The first-order valence-electron chi connectivity index (χ1n) is 13.7. The number of benzene rings is 4. The number of nitrogens with zero attached hydrogens (tertiary/aromatic N) is 4. The second-order valence-corrected chi connectivity index (χ2v) is 12.9. The van der Waals surface area contributed by atoms with E-state index in [0.717, 1.165) is 26.4 Å². The Morgan fingerprint density at radius 1 is 0.500 bits per heavy atom. The van der Waals surface area contributed by atoms with Crippen LogP contribution in [0.25, 0.3) is 40.3 Å². The quantitative estimate of drug-likeness (QED) is 0.217. The SMILES string of the molecule is C1=CC2=CN(Cc3cccc4c3sc3ccccc34)CN2N2CN(Cc3cccc4c3sc3ccccc34)C=C12. The maximum atomic E-state index is 2.45. The number of fused-ring (bicyclic) bond motifs is 9. The van der Waals surface area contributed by atoms with Gasteiger partial charge in [-0.1, -0.05) is 72.8 Å². The maximum Gasteiger partial charge on any atom is 0.110 e. The average molecular weight is 555 g/mol. The molecule has 0 saturated carbocycles.